The van der Waals surface area contributed by atoms with Crippen LogP contribution in [0.3, 0.4) is 0 Å². The predicted octanol–water partition coefficient (Wildman–Crippen LogP) is 5.65. The molecule has 3 aromatic rings. The van der Waals surface area contributed by atoms with Crippen LogP contribution in [-0.2, 0) is 16.6 Å². The van der Waals surface area contributed by atoms with Crippen molar-refractivity contribution in [1.82, 2.24) is 19.6 Å². The number of aromatic nitrogens is 2. The van der Waals surface area contributed by atoms with E-state index in [1.54, 1.807) is 6.92 Å². The lowest BCUT2D eigenvalue weighted by molar-refractivity contribution is -0.0957. The third-order valence-corrected chi connectivity index (χ3v) is 11.1. The van der Waals surface area contributed by atoms with Crippen molar-refractivity contribution in [3.8, 4) is 0 Å². The molecule has 1 aromatic carbocycles. The predicted molar refractivity (Wildman–Crippen MR) is 156 cm³/mol. The summed E-state index contributed by atoms with van der Waals surface area (Å²) in [5.74, 6) is -2.18. The smallest absolute Gasteiger partial charge is 0.253 e. The lowest BCUT2D eigenvalue weighted by atomic mass is 9.80. The van der Waals surface area contributed by atoms with Gasteiger partial charge in [0.05, 0.1) is 0 Å². The van der Waals surface area contributed by atoms with Gasteiger partial charge < -0.3 is 14.9 Å². The molecule has 2 aromatic heterocycles. The van der Waals surface area contributed by atoms with Crippen LogP contribution in [0, 0.1) is 19.8 Å². The van der Waals surface area contributed by atoms with Gasteiger partial charge in [-0.3, -0.25) is 4.79 Å². The van der Waals surface area contributed by atoms with Crippen molar-refractivity contribution in [2.45, 2.75) is 99.7 Å². The molecule has 2 heterocycles. The molecule has 2 aliphatic rings. The van der Waals surface area contributed by atoms with Crippen LogP contribution in [0.1, 0.15) is 68.4 Å². The van der Waals surface area contributed by atoms with Crippen LogP contribution < -0.4 is 15.6 Å². The summed E-state index contributed by atoms with van der Waals surface area (Å²) < 4.78 is 58.8. The molecule has 11 heteroatoms. The first kappa shape index (κ1) is 29.3. The van der Waals surface area contributed by atoms with Crippen molar-refractivity contribution in [3.05, 3.63) is 57.6 Å². The fraction of sp³-hybridized carbons (Fsp3) is 0.552. The molecule has 218 valence electrons. The summed E-state index contributed by atoms with van der Waals surface area (Å²) in [7, 11) is -3.94. The Bertz CT molecular complexity index is 1550. The number of sulfonamides is 1. The molecule has 0 bridgehead atoms. The molecule has 3 N–H and O–H groups in total. The van der Waals surface area contributed by atoms with Gasteiger partial charge in [-0.25, -0.2) is 21.9 Å². The summed E-state index contributed by atoms with van der Waals surface area (Å²) in [5, 5.41) is 4.07. The lowest BCUT2D eigenvalue weighted by Gasteiger charge is -2.41. The van der Waals surface area contributed by atoms with E-state index in [9.17, 15) is 22.0 Å². The standard InChI is InChI=1S/C29H38F2N4O3S2/c1-17-13-26(39-4)24(28(36)33-17)16-32-40(37,38)27-19(3)35(25-8-6-5-7-23(25)27)18(2)20-9-11-21(12-10-20)34-22-14-29(30,31)15-22/h5-8,13,18,20-22,32,34H,9-12,14-16H2,1-4H3,(H,33,36)/t18-,20-,21+/m1/s1. The lowest BCUT2D eigenvalue weighted by Crippen LogP contribution is -2.52. The van der Waals surface area contributed by atoms with Gasteiger partial charge >= 0.3 is 0 Å². The minimum atomic E-state index is -3.94. The summed E-state index contributed by atoms with van der Waals surface area (Å²) in [6, 6.07) is 9.62. The maximum absolute atomic E-state index is 13.8. The number of hydrogen-bond acceptors (Lipinski definition) is 5. The number of para-hydroxylation sites is 1. The normalized spacial score (nSPS) is 22.4. The number of alkyl halides is 2. The van der Waals surface area contributed by atoms with Crippen LogP contribution in [0.25, 0.3) is 10.9 Å². The van der Waals surface area contributed by atoms with Crippen molar-refractivity contribution in [2.24, 2.45) is 5.92 Å². The maximum Gasteiger partial charge on any atom is 0.253 e. The molecule has 40 heavy (non-hydrogen) atoms. The Morgan fingerprint density at radius 3 is 2.45 bits per heavy atom. The molecule has 0 spiro atoms. The zero-order chi connectivity index (χ0) is 28.8. The van der Waals surface area contributed by atoms with E-state index < -0.39 is 15.9 Å². The van der Waals surface area contributed by atoms with Crippen LogP contribution in [0.2, 0.25) is 0 Å². The monoisotopic (exact) mass is 592 g/mol. The van der Waals surface area contributed by atoms with Gasteiger partial charge in [0.1, 0.15) is 4.90 Å². The van der Waals surface area contributed by atoms with E-state index in [2.05, 4.69) is 26.5 Å². The van der Waals surface area contributed by atoms with Gasteiger partial charge in [0.2, 0.25) is 10.0 Å². The zero-order valence-corrected chi connectivity index (χ0v) is 25.0. The maximum atomic E-state index is 13.8. The van der Waals surface area contributed by atoms with Crippen molar-refractivity contribution >= 4 is 32.7 Å². The number of nitrogens with zero attached hydrogens (tertiary/aromatic N) is 1. The Hall–Kier alpha value is -2.21. The summed E-state index contributed by atoms with van der Waals surface area (Å²) >= 11 is 1.41. The van der Waals surface area contributed by atoms with Crippen LogP contribution in [0.4, 0.5) is 8.78 Å². The van der Waals surface area contributed by atoms with Gasteiger partial charge in [-0.2, -0.15) is 0 Å². The SMILES string of the molecule is CSc1cc(C)[nH]c(=O)c1CNS(=O)(=O)c1c(C)n([C@H](C)[C@H]2CC[C@@H](NC3CC(F)(F)C3)CC2)c2ccccc12. The molecule has 0 radical (unpaired) electrons. The minimum Gasteiger partial charge on any atom is -0.340 e. The first-order chi connectivity index (χ1) is 18.9. The van der Waals surface area contributed by atoms with Crippen molar-refractivity contribution in [3.63, 3.8) is 0 Å². The Morgan fingerprint density at radius 2 is 1.80 bits per heavy atom. The van der Waals surface area contributed by atoms with Gasteiger partial charge in [-0.1, -0.05) is 18.2 Å². The fourth-order valence-electron chi connectivity index (χ4n) is 6.59. The number of H-pyrrole nitrogens is 1. The Labute approximate surface area is 238 Å². The van der Waals surface area contributed by atoms with E-state index >= 15 is 0 Å². The second-order valence-corrected chi connectivity index (χ2v) is 14.0. The van der Waals surface area contributed by atoms with Crippen molar-refractivity contribution in [1.29, 1.82) is 0 Å². The number of halogens is 2. The van der Waals surface area contributed by atoms with E-state index in [1.807, 2.05) is 43.5 Å². The molecule has 2 fully saturated rings. The minimum absolute atomic E-state index is 0.0610. The second kappa shape index (κ2) is 11.2. The molecule has 1 atom stereocenters. The molecule has 0 aliphatic heterocycles. The van der Waals surface area contributed by atoms with Gasteiger partial charge in [-0.05, 0) is 70.8 Å². The first-order valence-electron chi connectivity index (χ1n) is 13.9. The average molecular weight is 593 g/mol. The number of aryl methyl sites for hydroxylation is 1. The molecule has 0 saturated heterocycles. The summed E-state index contributed by atoms with van der Waals surface area (Å²) in [6.45, 7) is 5.69. The molecular weight excluding hydrogens is 554 g/mol. The number of benzene rings is 1. The number of hydrogen-bond donors (Lipinski definition) is 3. The van der Waals surface area contributed by atoms with Crippen LogP contribution in [0.15, 0.2) is 44.9 Å². The molecule has 2 saturated carbocycles. The molecular formula is C29H38F2N4O3S2. The first-order valence-corrected chi connectivity index (χ1v) is 16.6. The zero-order valence-electron chi connectivity index (χ0n) is 23.4. The molecule has 7 nitrogen and oxygen atoms in total. The largest absolute Gasteiger partial charge is 0.340 e. The van der Waals surface area contributed by atoms with Gasteiger partial charge in [0.25, 0.3) is 11.5 Å². The van der Waals surface area contributed by atoms with Gasteiger partial charge in [-0.15, -0.1) is 11.8 Å². The van der Waals surface area contributed by atoms with Gasteiger partial charge in [0.15, 0.2) is 0 Å². The van der Waals surface area contributed by atoms with E-state index in [1.165, 1.54) is 11.8 Å². The molecule has 0 unspecified atom stereocenters. The number of aromatic amines is 1. The highest BCUT2D eigenvalue weighted by molar-refractivity contribution is 7.98. The molecule has 0 amide bonds. The summed E-state index contributed by atoms with van der Waals surface area (Å²) in [4.78, 5) is 16.4. The van der Waals surface area contributed by atoms with E-state index in [-0.39, 0.29) is 48.0 Å². The van der Waals surface area contributed by atoms with Crippen molar-refractivity contribution in [2.75, 3.05) is 6.26 Å². The summed E-state index contributed by atoms with van der Waals surface area (Å²) in [5.41, 5.74) is 2.36. The number of fused-ring (bicyclic) bond motifs is 1. The Kier molecular flexibility index (Phi) is 8.22. The second-order valence-electron chi connectivity index (χ2n) is 11.4. The number of thioether (sulfide) groups is 1. The third kappa shape index (κ3) is 5.75. The molecule has 2 aliphatic carbocycles. The fourth-order valence-corrected chi connectivity index (χ4v) is 8.73. The summed E-state index contributed by atoms with van der Waals surface area (Å²) in [6.07, 6.45) is 5.46. The van der Waals surface area contributed by atoms with Crippen LogP contribution in [0.5, 0.6) is 0 Å². The van der Waals surface area contributed by atoms with Gasteiger partial charge in [0, 0.05) is 70.3 Å². The average Bonchev–Trinajstić information content (AvgIpc) is 3.19. The number of rotatable bonds is 9. The van der Waals surface area contributed by atoms with Crippen LogP contribution in [-0.4, -0.2) is 42.2 Å². The quantitative estimate of drug-likeness (QED) is 0.279. The van der Waals surface area contributed by atoms with Crippen LogP contribution >= 0.6 is 11.8 Å². The third-order valence-electron chi connectivity index (χ3n) is 8.68. The van der Waals surface area contributed by atoms with E-state index in [4.69, 9.17) is 0 Å². The Balaban J connectivity index is 1.36. The van der Waals surface area contributed by atoms with E-state index in [0.717, 1.165) is 41.8 Å². The van der Waals surface area contributed by atoms with Crippen molar-refractivity contribution < 1.29 is 17.2 Å². The number of pyridine rings is 1. The molecule has 5 rings (SSSR count). The topological polar surface area (TPSA) is 96.0 Å². The Morgan fingerprint density at radius 1 is 1.12 bits per heavy atom. The highest BCUT2D eigenvalue weighted by Crippen LogP contribution is 2.41. The number of nitrogens with one attached hydrogen (secondary N) is 3. The van der Waals surface area contributed by atoms with E-state index in [0.29, 0.717) is 22.6 Å². The highest BCUT2D eigenvalue weighted by atomic mass is 32.2. The highest BCUT2D eigenvalue weighted by Gasteiger charge is 2.46.